The zero-order valence-electron chi connectivity index (χ0n) is 5.76. The number of carbonyl (C=O) groups excluding carboxylic acids is 1. The maximum Gasteiger partial charge on any atom is 0.249 e. The predicted molar refractivity (Wildman–Crippen MR) is 34.6 cm³/mol. The van der Waals surface area contributed by atoms with Gasteiger partial charge in [0.1, 0.15) is 0 Å². The molecule has 3 heteroatoms. The second kappa shape index (κ2) is 4.09. The van der Waals surface area contributed by atoms with E-state index in [9.17, 15) is 4.79 Å². The number of hydrogen-bond donors (Lipinski definition) is 0. The van der Waals surface area contributed by atoms with Crippen LogP contribution < -0.4 is 0 Å². The lowest BCUT2D eigenvalue weighted by molar-refractivity contribution is -0.167. The standard InChI is InChI=1S/C6H11NO2/c1-4-5-6(8)7(2)9-3/h4H,1,5H2,2-3H3. The maximum atomic E-state index is 10.7. The topological polar surface area (TPSA) is 29.5 Å². The zero-order valence-corrected chi connectivity index (χ0v) is 5.76. The van der Waals surface area contributed by atoms with Gasteiger partial charge in [0.05, 0.1) is 7.11 Å². The number of rotatable bonds is 3. The third-order valence-corrected chi connectivity index (χ3v) is 0.944. The molecule has 0 aromatic carbocycles. The molecule has 0 atom stereocenters. The van der Waals surface area contributed by atoms with Gasteiger partial charge in [0.2, 0.25) is 5.91 Å². The fraction of sp³-hybridized carbons (Fsp3) is 0.500. The number of amides is 1. The highest BCUT2D eigenvalue weighted by atomic mass is 16.7. The predicted octanol–water partition coefficient (Wildman–Crippen LogP) is 0.582. The van der Waals surface area contributed by atoms with Crippen molar-refractivity contribution in [1.29, 1.82) is 0 Å². The van der Waals surface area contributed by atoms with Crippen LogP contribution in [-0.4, -0.2) is 25.1 Å². The maximum absolute atomic E-state index is 10.7. The van der Waals surface area contributed by atoms with E-state index in [1.807, 2.05) is 0 Å². The molecule has 0 fully saturated rings. The molecule has 1 amide bonds. The lowest BCUT2D eigenvalue weighted by Gasteiger charge is -2.11. The molecule has 52 valence electrons. The Labute approximate surface area is 54.9 Å². The second-order valence-corrected chi connectivity index (χ2v) is 1.57. The van der Waals surface area contributed by atoms with E-state index in [-0.39, 0.29) is 5.91 Å². The molecule has 9 heavy (non-hydrogen) atoms. The van der Waals surface area contributed by atoms with E-state index in [1.54, 1.807) is 7.05 Å². The molecule has 0 aliphatic carbocycles. The van der Waals surface area contributed by atoms with Gasteiger partial charge in [-0.2, -0.15) is 0 Å². The number of hydroxylamine groups is 2. The molecule has 0 rings (SSSR count). The van der Waals surface area contributed by atoms with E-state index >= 15 is 0 Å². The van der Waals surface area contributed by atoms with Gasteiger partial charge in [-0.15, -0.1) is 6.58 Å². The summed E-state index contributed by atoms with van der Waals surface area (Å²) in [5, 5.41) is 1.17. The molecule has 0 saturated heterocycles. The van der Waals surface area contributed by atoms with E-state index in [2.05, 4.69) is 11.4 Å². The molecule has 3 nitrogen and oxygen atoms in total. The summed E-state index contributed by atoms with van der Waals surface area (Å²) in [7, 11) is 3.01. The highest BCUT2D eigenvalue weighted by molar-refractivity contribution is 5.76. The van der Waals surface area contributed by atoms with Crippen molar-refractivity contribution >= 4 is 5.91 Å². The van der Waals surface area contributed by atoms with Gasteiger partial charge in [0, 0.05) is 13.5 Å². The molecular formula is C6H11NO2. The van der Waals surface area contributed by atoms with Crippen LogP contribution in [0.4, 0.5) is 0 Å². The van der Waals surface area contributed by atoms with Crippen molar-refractivity contribution in [1.82, 2.24) is 5.06 Å². The highest BCUT2D eigenvalue weighted by Crippen LogP contribution is 1.89. The van der Waals surface area contributed by atoms with Crippen LogP contribution in [0.25, 0.3) is 0 Å². The van der Waals surface area contributed by atoms with Crippen LogP contribution in [0.2, 0.25) is 0 Å². The van der Waals surface area contributed by atoms with Gasteiger partial charge in [0.25, 0.3) is 0 Å². The molecule has 0 heterocycles. The summed E-state index contributed by atoms with van der Waals surface area (Å²) >= 11 is 0. The van der Waals surface area contributed by atoms with Crippen LogP contribution >= 0.6 is 0 Å². The largest absolute Gasteiger partial charge is 0.275 e. The van der Waals surface area contributed by atoms with Gasteiger partial charge < -0.3 is 0 Å². The lowest BCUT2D eigenvalue weighted by atomic mass is 10.4. The van der Waals surface area contributed by atoms with Crippen LogP contribution in [0.15, 0.2) is 12.7 Å². The first-order valence-corrected chi connectivity index (χ1v) is 2.64. The average Bonchev–Trinajstić information content (AvgIpc) is 1.87. The Morgan fingerprint density at radius 2 is 2.44 bits per heavy atom. The van der Waals surface area contributed by atoms with Gasteiger partial charge in [0.15, 0.2) is 0 Å². The highest BCUT2D eigenvalue weighted by Gasteiger charge is 2.02. The van der Waals surface area contributed by atoms with E-state index in [4.69, 9.17) is 0 Å². The first kappa shape index (κ1) is 8.17. The summed E-state index contributed by atoms with van der Waals surface area (Å²) < 4.78 is 0. The summed E-state index contributed by atoms with van der Waals surface area (Å²) in [5.74, 6) is -0.0903. The van der Waals surface area contributed by atoms with Crippen LogP contribution in [0.3, 0.4) is 0 Å². The van der Waals surface area contributed by atoms with E-state index in [1.165, 1.54) is 18.2 Å². The molecule has 0 saturated carbocycles. The van der Waals surface area contributed by atoms with Crippen molar-refractivity contribution in [3.8, 4) is 0 Å². The first-order valence-electron chi connectivity index (χ1n) is 2.64. The minimum atomic E-state index is -0.0903. The Hall–Kier alpha value is -0.830. The summed E-state index contributed by atoms with van der Waals surface area (Å²) in [6.45, 7) is 3.41. The van der Waals surface area contributed by atoms with Crippen molar-refractivity contribution < 1.29 is 9.63 Å². The monoisotopic (exact) mass is 129 g/mol. The average molecular weight is 129 g/mol. The minimum Gasteiger partial charge on any atom is -0.275 e. The lowest BCUT2D eigenvalue weighted by Crippen LogP contribution is -2.24. The fourth-order valence-corrected chi connectivity index (χ4v) is 0.354. The second-order valence-electron chi connectivity index (χ2n) is 1.57. The zero-order chi connectivity index (χ0) is 7.28. The molecule has 0 aromatic heterocycles. The molecular weight excluding hydrogens is 118 g/mol. The Balaban J connectivity index is 3.58. The summed E-state index contributed by atoms with van der Waals surface area (Å²) in [6, 6.07) is 0. The van der Waals surface area contributed by atoms with Crippen LogP contribution in [0, 0.1) is 0 Å². The SMILES string of the molecule is C=CCC(=O)N(C)OC. The molecule has 0 N–H and O–H groups in total. The van der Waals surface area contributed by atoms with Gasteiger partial charge in [-0.3, -0.25) is 9.63 Å². The third-order valence-electron chi connectivity index (χ3n) is 0.944. The Kier molecular flexibility index (Phi) is 3.71. The molecule has 0 aliphatic heterocycles. The van der Waals surface area contributed by atoms with Crippen LogP contribution in [0.1, 0.15) is 6.42 Å². The Morgan fingerprint density at radius 1 is 1.89 bits per heavy atom. The Bertz CT molecular complexity index is 112. The van der Waals surface area contributed by atoms with Crippen LogP contribution in [-0.2, 0) is 9.63 Å². The number of carbonyl (C=O) groups is 1. The summed E-state index contributed by atoms with van der Waals surface area (Å²) in [4.78, 5) is 15.3. The molecule has 0 radical (unpaired) electrons. The van der Waals surface area contributed by atoms with Gasteiger partial charge in [-0.25, -0.2) is 5.06 Å². The molecule has 0 bridgehead atoms. The van der Waals surface area contributed by atoms with Crippen molar-refractivity contribution in [3.05, 3.63) is 12.7 Å². The first-order chi connectivity index (χ1) is 4.22. The quantitative estimate of drug-likeness (QED) is 0.412. The smallest absolute Gasteiger partial charge is 0.249 e. The minimum absolute atomic E-state index is 0.0903. The normalized spacial score (nSPS) is 8.67. The van der Waals surface area contributed by atoms with Gasteiger partial charge >= 0.3 is 0 Å². The molecule has 0 spiro atoms. The molecule has 0 unspecified atom stereocenters. The van der Waals surface area contributed by atoms with E-state index in [0.29, 0.717) is 6.42 Å². The number of nitrogens with zero attached hydrogens (tertiary/aromatic N) is 1. The van der Waals surface area contributed by atoms with E-state index < -0.39 is 0 Å². The Morgan fingerprint density at radius 3 is 2.78 bits per heavy atom. The third kappa shape index (κ3) is 2.87. The molecule has 0 aromatic rings. The van der Waals surface area contributed by atoms with Crippen LogP contribution in [0.5, 0.6) is 0 Å². The summed E-state index contributed by atoms with van der Waals surface area (Å²) in [6.07, 6.45) is 1.86. The van der Waals surface area contributed by atoms with Gasteiger partial charge in [-0.05, 0) is 0 Å². The molecule has 0 aliphatic rings. The number of hydrogen-bond acceptors (Lipinski definition) is 2. The van der Waals surface area contributed by atoms with E-state index in [0.717, 1.165) is 0 Å². The van der Waals surface area contributed by atoms with Crippen molar-refractivity contribution in [2.45, 2.75) is 6.42 Å². The van der Waals surface area contributed by atoms with Crippen molar-refractivity contribution in [3.63, 3.8) is 0 Å². The van der Waals surface area contributed by atoms with Crippen molar-refractivity contribution in [2.75, 3.05) is 14.2 Å². The van der Waals surface area contributed by atoms with Gasteiger partial charge in [-0.1, -0.05) is 6.08 Å². The summed E-state index contributed by atoms with van der Waals surface area (Å²) in [5.41, 5.74) is 0. The van der Waals surface area contributed by atoms with Crippen molar-refractivity contribution in [2.24, 2.45) is 0 Å². The fourth-order valence-electron chi connectivity index (χ4n) is 0.354.